The van der Waals surface area contributed by atoms with Gasteiger partial charge in [0.05, 0.1) is 0 Å². The van der Waals surface area contributed by atoms with E-state index < -0.39 is 0 Å². The molecule has 2 nitrogen and oxygen atoms in total. The van der Waals surface area contributed by atoms with Gasteiger partial charge in [-0.15, -0.1) is 0 Å². The van der Waals surface area contributed by atoms with Crippen molar-refractivity contribution in [1.82, 2.24) is 10.3 Å². The van der Waals surface area contributed by atoms with Crippen molar-refractivity contribution in [3.8, 4) is 0 Å². The highest BCUT2D eigenvalue weighted by Crippen LogP contribution is 2.20. The molecule has 94 valence electrons. The number of aryl methyl sites for hydroxylation is 1. The third kappa shape index (κ3) is 2.93. The lowest BCUT2D eigenvalue weighted by molar-refractivity contribution is 0.574. The van der Waals surface area contributed by atoms with Crippen LogP contribution in [0, 0.1) is 12.7 Å². The van der Waals surface area contributed by atoms with Crippen LogP contribution in [0.1, 0.15) is 22.7 Å². The topological polar surface area (TPSA) is 24.9 Å². The van der Waals surface area contributed by atoms with Crippen molar-refractivity contribution in [2.75, 3.05) is 7.05 Å². The summed E-state index contributed by atoms with van der Waals surface area (Å²) in [4.78, 5) is 4.00. The molecule has 1 N–H and O–H groups in total. The van der Waals surface area contributed by atoms with Gasteiger partial charge in [0, 0.05) is 18.4 Å². The summed E-state index contributed by atoms with van der Waals surface area (Å²) in [5, 5.41) is 3.23. The van der Waals surface area contributed by atoms with E-state index in [2.05, 4.69) is 10.3 Å². The van der Waals surface area contributed by atoms with E-state index in [9.17, 15) is 4.39 Å². The van der Waals surface area contributed by atoms with Gasteiger partial charge in [0.2, 0.25) is 0 Å². The molecule has 1 heterocycles. The molecule has 1 unspecified atom stereocenters. The summed E-state index contributed by atoms with van der Waals surface area (Å²) >= 11 is 0. The lowest BCUT2D eigenvalue weighted by atomic mass is 9.98. The Kier molecular flexibility index (Phi) is 4.05. The molecule has 0 spiro atoms. The highest BCUT2D eigenvalue weighted by Gasteiger charge is 2.11. The molecule has 1 aromatic carbocycles. The van der Waals surface area contributed by atoms with E-state index in [1.807, 2.05) is 31.3 Å². The van der Waals surface area contributed by atoms with Crippen LogP contribution >= 0.6 is 0 Å². The summed E-state index contributed by atoms with van der Waals surface area (Å²) < 4.78 is 13.6. The fourth-order valence-corrected chi connectivity index (χ4v) is 1.97. The van der Waals surface area contributed by atoms with Crippen molar-refractivity contribution in [2.24, 2.45) is 0 Å². The van der Waals surface area contributed by atoms with E-state index in [4.69, 9.17) is 0 Å². The number of aromatic nitrogens is 1. The minimum Gasteiger partial charge on any atom is -0.313 e. The number of likely N-dealkylation sites (N-methyl/N-ethyl adjacent to an activating group) is 1. The second-order valence-corrected chi connectivity index (χ2v) is 4.41. The van der Waals surface area contributed by atoms with E-state index in [1.54, 1.807) is 25.4 Å². The smallest absolute Gasteiger partial charge is 0.126 e. The Labute approximate surface area is 107 Å². The molecule has 0 saturated carbocycles. The predicted octanol–water partition coefficient (Wildman–Crippen LogP) is 3.03. The summed E-state index contributed by atoms with van der Waals surface area (Å²) in [6.07, 6.45) is 4.37. The third-order valence-electron chi connectivity index (χ3n) is 3.14. The molecule has 0 fully saturated rings. The molecular formula is C15H17FN2. The van der Waals surface area contributed by atoms with Crippen LogP contribution < -0.4 is 5.32 Å². The van der Waals surface area contributed by atoms with E-state index >= 15 is 0 Å². The van der Waals surface area contributed by atoms with Crippen LogP contribution in [0.5, 0.6) is 0 Å². The fourth-order valence-electron chi connectivity index (χ4n) is 1.97. The fraction of sp³-hybridized carbons (Fsp3) is 0.267. The van der Waals surface area contributed by atoms with Crippen LogP contribution in [0.2, 0.25) is 0 Å². The number of pyridine rings is 1. The molecule has 2 aromatic rings. The molecule has 0 amide bonds. The van der Waals surface area contributed by atoms with Crippen molar-refractivity contribution in [2.45, 2.75) is 19.4 Å². The summed E-state index contributed by atoms with van der Waals surface area (Å²) in [6.45, 7) is 1.77. The van der Waals surface area contributed by atoms with Gasteiger partial charge in [0.1, 0.15) is 5.82 Å². The van der Waals surface area contributed by atoms with Crippen molar-refractivity contribution in [1.29, 1.82) is 0 Å². The zero-order chi connectivity index (χ0) is 13.0. The summed E-state index contributed by atoms with van der Waals surface area (Å²) in [5.41, 5.74) is 2.83. The average molecular weight is 244 g/mol. The zero-order valence-electron chi connectivity index (χ0n) is 10.7. The monoisotopic (exact) mass is 244 g/mol. The second-order valence-electron chi connectivity index (χ2n) is 4.41. The molecule has 1 aromatic heterocycles. The quantitative estimate of drug-likeness (QED) is 0.894. The maximum Gasteiger partial charge on any atom is 0.126 e. The Morgan fingerprint density at radius 3 is 2.56 bits per heavy atom. The van der Waals surface area contributed by atoms with Crippen molar-refractivity contribution in [3.05, 3.63) is 65.2 Å². The van der Waals surface area contributed by atoms with Crippen LogP contribution in [-0.4, -0.2) is 12.0 Å². The summed E-state index contributed by atoms with van der Waals surface area (Å²) in [7, 11) is 1.89. The first-order valence-electron chi connectivity index (χ1n) is 6.03. The van der Waals surface area contributed by atoms with E-state index in [-0.39, 0.29) is 11.9 Å². The van der Waals surface area contributed by atoms with Crippen LogP contribution in [-0.2, 0) is 6.42 Å². The van der Waals surface area contributed by atoms with Crippen molar-refractivity contribution >= 4 is 0 Å². The van der Waals surface area contributed by atoms with Gasteiger partial charge in [0.15, 0.2) is 0 Å². The number of hydrogen-bond acceptors (Lipinski definition) is 2. The summed E-state index contributed by atoms with van der Waals surface area (Å²) in [5.74, 6) is -0.150. The molecule has 0 aliphatic heterocycles. The second kappa shape index (κ2) is 5.74. The van der Waals surface area contributed by atoms with Gasteiger partial charge >= 0.3 is 0 Å². The highest BCUT2D eigenvalue weighted by atomic mass is 19.1. The predicted molar refractivity (Wildman–Crippen MR) is 70.9 cm³/mol. The molecule has 2 rings (SSSR count). The van der Waals surface area contributed by atoms with Crippen molar-refractivity contribution < 1.29 is 4.39 Å². The van der Waals surface area contributed by atoms with Gasteiger partial charge in [-0.2, -0.15) is 0 Å². The number of nitrogens with one attached hydrogen (secondary N) is 1. The van der Waals surface area contributed by atoms with Crippen molar-refractivity contribution in [3.63, 3.8) is 0 Å². The van der Waals surface area contributed by atoms with Crippen LogP contribution in [0.15, 0.2) is 42.7 Å². The van der Waals surface area contributed by atoms with E-state index in [0.29, 0.717) is 5.56 Å². The SMILES string of the molecule is CNC(Cc1ccncc1)c1ccc(C)c(F)c1. The molecule has 0 bridgehead atoms. The zero-order valence-corrected chi connectivity index (χ0v) is 10.7. The van der Waals surface area contributed by atoms with Crippen LogP contribution in [0.4, 0.5) is 4.39 Å². The maximum absolute atomic E-state index is 13.6. The maximum atomic E-state index is 13.6. The van der Waals surface area contributed by atoms with Gasteiger partial charge in [0.25, 0.3) is 0 Å². The lowest BCUT2D eigenvalue weighted by Crippen LogP contribution is -2.19. The van der Waals surface area contributed by atoms with Gasteiger partial charge in [-0.25, -0.2) is 4.39 Å². The number of rotatable bonds is 4. The Balaban J connectivity index is 2.20. The average Bonchev–Trinajstić information content (AvgIpc) is 2.40. The highest BCUT2D eigenvalue weighted by molar-refractivity contribution is 5.27. The van der Waals surface area contributed by atoms with Gasteiger partial charge in [-0.3, -0.25) is 4.98 Å². The largest absolute Gasteiger partial charge is 0.313 e. The molecule has 1 atom stereocenters. The normalized spacial score (nSPS) is 12.4. The van der Waals surface area contributed by atoms with Gasteiger partial charge in [-0.1, -0.05) is 12.1 Å². The Morgan fingerprint density at radius 2 is 1.94 bits per heavy atom. The first kappa shape index (κ1) is 12.7. The standard InChI is InChI=1S/C15H17FN2/c1-11-3-4-13(10-14(11)16)15(17-2)9-12-5-7-18-8-6-12/h3-8,10,15,17H,9H2,1-2H3. The first-order valence-corrected chi connectivity index (χ1v) is 6.03. The molecular weight excluding hydrogens is 227 g/mol. The minimum atomic E-state index is -0.150. The number of hydrogen-bond donors (Lipinski definition) is 1. The molecule has 18 heavy (non-hydrogen) atoms. The Bertz CT molecular complexity index is 511. The van der Waals surface area contributed by atoms with Gasteiger partial charge in [-0.05, 0) is 55.3 Å². The first-order chi connectivity index (χ1) is 8.70. The Morgan fingerprint density at radius 1 is 1.22 bits per heavy atom. The lowest BCUT2D eigenvalue weighted by Gasteiger charge is -2.17. The molecule has 0 saturated heterocycles. The van der Waals surface area contributed by atoms with Crippen LogP contribution in [0.3, 0.4) is 0 Å². The number of nitrogens with zero attached hydrogens (tertiary/aromatic N) is 1. The minimum absolute atomic E-state index is 0.113. The third-order valence-corrected chi connectivity index (χ3v) is 3.14. The van der Waals surface area contributed by atoms with E-state index in [0.717, 1.165) is 12.0 Å². The van der Waals surface area contributed by atoms with Gasteiger partial charge < -0.3 is 5.32 Å². The summed E-state index contributed by atoms with van der Waals surface area (Å²) in [6, 6.07) is 9.48. The molecule has 0 aliphatic carbocycles. The number of benzene rings is 1. The van der Waals surface area contributed by atoms with Crippen LogP contribution in [0.25, 0.3) is 0 Å². The molecule has 0 aliphatic rings. The molecule has 3 heteroatoms. The Hall–Kier alpha value is -1.74. The number of halogens is 1. The van der Waals surface area contributed by atoms with E-state index in [1.165, 1.54) is 5.56 Å². The molecule has 0 radical (unpaired) electrons.